The van der Waals surface area contributed by atoms with E-state index in [0.717, 1.165) is 18.4 Å². The van der Waals surface area contributed by atoms with E-state index in [1.807, 2.05) is 30.3 Å². The van der Waals surface area contributed by atoms with Crippen molar-refractivity contribution in [3.8, 4) is 0 Å². The first-order valence-corrected chi connectivity index (χ1v) is 7.30. The SMILES string of the molecule is CC1(CNC(=O)NC(CCc2ccccc2)C(=O)O)CC1. The highest BCUT2D eigenvalue weighted by molar-refractivity contribution is 5.82. The molecule has 21 heavy (non-hydrogen) atoms. The summed E-state index contributed by atoms with van der Waals surface area (Å²) in [5.74, 6) is -1.00. The van der Waals surface area contributed by atoms with Crippen LogP contribution in [-0.2, 0) is 11.2 Å². The molecule has 114 valence electrons. The Hall–Kier alpha value is -2.04. The van der Waals surface area contributed by atoms with Crippen molar-refractivity contribution in [3.63, 3.8) is 0 Å². The minimum atomic E-state index is -1.00. The Bertz CT molecular complexity index is 498. The molecule has 0 aromatic heterocycles. The van der Waals surface area contributed by atoms with Gasteiger partial charge in [0.25, 0.3) is 0 Å². The Morgan fingerprint density at radius 2 is 1.95 bits per heavy atom. The maximum Gasteiger partial charge on any atom is 0.326 e. The summed E-state index contributed by atoms with van der Waals surface area (Å²) in [4.78, 5) is 23.0. The van der Waals surface area contributed by atoms with E-state index >= 15 is 0 Å². The molecular weight excluding hydrogens is 268 g/mol. The number of hydrogen-bond donors (Lipinski definition) is 3. The van der Waals surface area contributed by atoms with Crippen molar-refractivity contribution in [2.24, 2.45) is 5.41 Å². The van der Waals surface area contributed by atoms with Crippen molar-refractivity contribution in [1.82, 2.24) is 10.6 Å². The molecular formula is C16H22N2O3. The van der Waals surface area contributed by atoms with Crippen molar-refractivity contribution < 1.29 is 14.7 Å². The lowest BCUT2D eigenvalue weighted by Crippen LogP contribution is -2.47. The van der Waals surface area contributed by atoms with Gasteiger partial charge in [-0.15, -0.1) is 0 Å². The van der Waals surface area contributed by atoms with Crippen LogP contribution in [0.15, 0.2) is 30.3 Å². The topological polar surface area (TPSA) is 78.4 Å². The van der Waals surface area contributed by atoms with E-state index in [1.165, 1.54) is 0 Å². The minimum absolute atomic E-state index is 0.208. The fraction of sp³-hybridized carbons (Fsp3) is 0.500. The Labute approximate surface area is 124 Å². The van der Waals surface area contributed by atoms with Gasteiger partial charge in [-0.2, -0.15) is 0 Å². The third kappa shape index (κ3) is 5.10. The number of urea groups is 1. The van der Waals surface area contributed by atoms with Crippen LogP contribution in [0.25, 0.3) is 0 Å². The third-order valence-corrected chi connectivity index (χ3v) is 3.95. The van der Waals surface area contributed by atoms with Crippen LogP contribution in [0.5, 0.6) is 0 Å². The van der Waals surface area contributed by atoms with Crippen molar-refractivity contribution in [2.45, 2.75) is 38.6 Å². The van der Waals surface area contributed by atoms with Gasteiger partial charge in [0.2, 0.25) is 0 Å². The molecule has 1 saturated carbocycles. The number of amides is 2. The lowest BCUT2D eigenvalue weighted by Gasteiger charge is -2.16. The van der Waals surface area contributed by atoms with Gasteiger partial charge in [0.05, 0.1) is 0 Å². The smallest absolute Gasteiger partial charge is 0.326 e. The zero-order valence-electron chi connectivity index (χ0n) is 12.3. The number of carbonyl (C=O) groups is 2. The van der Waals surface area contributed by atoms with E-state index < -0.39 is 18.0 Å². The molecule has 0 aliphatic heterocycles. The second-order valence-electron chi connectivity index (χ2n) is 6.05. The number of benzene rings is 1. The summed E-state index contributed by atoms with van der Waals surface area (Å²) in [6.45, 7) is 2.71. The minimum Gasteiger partial charge on any atom is -0.480 e. The van der Waals surface area contributed by atoms with Gasteiger partial charge in [-0.3, -0.25) is 0 Å². The predicted molar refractivity (Wildman–Crippen MR) is 80.1 cm³/mol. The van der Waals surface area contributed by atoms with E-state index in [4.69, 9.17) is 0 Å². The average molecular weight is 290 g/mol. The van der Waals surface area contributed by atoms with Crippen LogP contribution in [0.1, 0.15) is 31.7 Å². The fourth-order valence-corrected chi connectivity index (χ4v) is 2.11. The van der Waals surface area contributed by atoms with Gasteiger partial charge in [0.15, 0.2) is 0 Å². The van der Waals surface area contributed by atoms with Crippen LogP contribution in [0, 0.1) is 5.41 Å². The molecule has 5 nitrogen and oxygen atoms in total. The fourth-order valence-electron chi connectivity index (χ4n) is 2.11. The molecule has 1 unspecified atom stereocenters. The lowest BCUT2D eigenvalue weighted by atomic mass is 10.1. The maximum absolute atomic E-state index is 11.8. The van der Waals surface area contributed by atoms with Crippen molar-refractivity contribution in [1.29, 1.82) is 0 Å². The summed E-state index contributed by atoms with van der Waals surface area (Å²) >= 11 is 0. The molecule has 2 rings (SSSR count). The molecule has 2 amide bonds. The van der Waals surface area contributed by atoms with Crippen LogP contribution in [0.4, 0.5) is 4.79 Å². The lowest BCUT2D eigenvalue weighted by molar-refractivity contribution is -0.139. The zero-order chi connectivity index (χ0) is 15.3. The van der Waals surface area contributed by atoms with Crippen molar-refractivity contribution in [3.05, 3.63) is 35.9 Å². The van der Waals surface area contributed by atoms with Gasteiger partial charge in [0.1, 0.15) is 6.04 Å². The number of aryl methyl sites for hydroxylation is 1. The van der Waals surface area contributed by atoms with Crippen molar-refractivity contribution in [2.75, 3.05) is 6.54 Å². The van der Waals surface area contributed by atoms with Gasteiger partial charge < -0.3 is 15.7 Å². The first-order chi connectivity index (χ1) is 9.98. The van der Waals surface area contributed by atoms with Gasteiger partial charge in [0, 0.05) is 6.54 Å². The number of carbonyl (C=O) groups excluding carboxylic acids is 1. The monoisotopic (exact) mass is 290 g/mol. The molecule has 1 aliphatic rings. The van der Waals surface area contributed by atoms with Gasteiger partial charge in [-0.05, 0) is 36.7 Å². The van der Waals surface area contributed by atoms with Crippen LogP contribution in [0.2, 0.25) is 0 Å². The van der Waals surface area contributed by atoms with Gasteiger partial charge in [-0.1, -0.05) is 37.3 Å². The van der Waals surface area contributed by atoms with Gasteiger partial charge in [-0.25, -0.2) is 9.59 Å². The number of aliphatic carboxylic acids is 1. The summed E-state index contributed by atoms with van der Waals surface area (Å²) in [6.07, 6.45) is 3.23. The molecule has 0 bridgehead atoms. The molecule has 0 spiro atoms. The molecule has 1 aromatic carbocycles. The highest BCUT2D eigenvalue weighted by Crippen LogP contribution is 2.43. The molecule has 0 saturated heterocycles. The second-order valence-corrected chi connectivity index (χ2v) is 6.05. The van der Waals surface area contributed by atoms with Crippen molar-refractivity contribution >= 4 is 12.0 Å². The van der Waals surface area contributed by atoms with Crippen LogP contribution in [0.3, 0.4) is 0 Å². The molecule has 1 fully saturated rings. The van der Waals surface area contributed by atoms with E-state index in [2.05, 4.69) is 17.6 Å². The molecule has 5 heteroatoms. The first kappa shape index (κ1) is 15.4. The summed E-state index contributed by atoms with van der Waals surface area (Å²) < 4.78 is 0. The van der Waals surface area contributed by atoms with E-state index in [0.29, 0.717) is 19.4 Å². The summed E-state index contributed by atoms with van der Waals surface area (Å²) in [5, 5.41) is 14.5. The number of carboxylic acids is 1. The highest BCUT2D eigenvalue weighted by atomic mass is 16.4. The highest BCUT2D eigenvalue weighted by Gasteiger charge is 2.37. The standard InChI is InChI=1S/C16H22N2O3/c1-16(9-10-16)11-17-15(21)18-13(14(19)20)8-7-12-5-3-2-4-6-12/h2-6,13H,7-11H2,1H3,(H,19,20)(H2,17,18,21). The average Bonchev–Trinajstić information content (AvgIpc) is 3.20. The molecule has 0 radical (unpaired) electrons. The third-order valence-electron chi connectivity index (χ3n) is 3.95. The Morgan fingerprint density at radius 1 is 1.29 bits per heavy atom. The Balaban J connectivity index is 1.78. The summed E-state index contributed by atoms with van der Waals surface area (Å²) in [7, 11) is 0. The largest absolute Gasteiger partial charge is 0.480 e. The van der Waals surface area contributed by atoms with Crippen LogP contribution < -0.4 is 10.6 Å². The maximum atomic E-state index is 11.8. The normalized spacial score (nSPS) is 16.8. The van der Waals surface area contributed by atoms with E-state index in [1.54, 1.807) is 0 Å². The van der Waals surface area contributed by atoms with Crippen LogP contribution in [-0.4, -0.2) is 29.7 Å². The molecule has 3 N–H and O–H groups in total. The van der Waals surface area contributed by atoms with Gasteiger partial charge >= 0.3 is 12.0 Å². The number of nitrogens with one attached hydrogen (secondary N) is 2. The zero-order valence-corrected chi connectivity index (χ0v) is 12.3. The first-order valence-electron chi connectivity index (χ1n) is 7.30. The quantitative estimate of drug-likeness (QED) is 0.720. The second kappa shape index (κ2) is 6.61. The Kier molecular flexibility index (Phi) is 4.83. The number of hydrogen-bond acceptors (Lipinski definition) is 2. The van der Waals surface area contributed by atoms with E-state index in [9.17, 15) is 14.7 Å². The predicted octanol–water partition coefficient (Wildman–Crippen LogP) is 2.17. The summed E-state index contributed by atoms with van der Waals surface area (Å²) in [5.41, 5.74) is 1.27. The number of carboxylic acid groups (broad SMARTS) is 1. The molecule has 1 atom stereocenters. The van der Waals surface area contributed by atoms with E-state index in [-0.39, 0.29) is 5.41 Å². The summed E-state index contributed by atoms with van der Waals surface area (Å²) in [6, 6.07) is 8.39. The molecule has 1 aromatic rings. The molecule has 1 aliphatic carbocycles. The Morgan fingerprint density at radius 3 is 2.52 bits per heavy atom. The molecule has 0 heterocycles. The van der Waals surface area contributed by atoms with Crippen LogP contribution >= 0.6 is 0 Å². The number of rotatable bonds is 7.